The minimum Gasteiger partial charge on any atom is -0.435 e. The molecule has 0 spiro atoms. The van der Waals surface area contributed by atoms with Crippen molar-refractivity contribution in [2.24, 2.45) is 22.7 Å². The van der Waals surface area contributed by atoms with E-state index in [-0.39, 0.29) is 0 Å². The Morgan fingerprint density at radius 2 is 2.03 bits per heavy atom. The summed E-state index contributed by atoms with van der Waals surface area (Å²) in [4.78, 5) is 4.74. The highest BCUT2D eigenvalue weighted by atomic mass is 127. The van der Waals surface area contributed by atoms with E-state index < -0.39 is 4.36 Å². The van der Waals surface area contributed by atoms with Crippen LogP contribution in [0, 0.1) is 23.2 Å². The predicted octanol–water partition coefficient (Wildman–Crippen LogP) is 4.86. The van der Waals surface area contributed by atoms with E-state index in [0.29, 0.717) is 23.8 Å². The van der Waals surface area contributed by atoms with Gasteiger partial charge in [0.1, 0.15) is 5.71 Å². The summed E-state index contributed by atoms with van der Waals surface area (Å²) in [6.45, 7) is 1.72. The van der Waals surface area contributed by atoms with Gasteiger partial charge >= 0.3 is 0 Å². The van der Waals surface area contributed by atoms with Gasteiger partial charge in [-0.1, -0.05) is 5.57 Å². The van der Waals surface area contributed by atoms with Crippen molar-refractivity contribution in [3.8, 4) is 5.88 Å². The number of aromatic nitrogens is 2. The zero-order valence-corrected chi connectivity index (χ0v) is 20.8. The molecule has 0 radical (unpaired) electrons. The number of hydrogen-bond donors (Lipinski definition) is 3. The number of alkyl halides is 2. The van der Waals surface area contributed by atoms with Crippen molar-refractivity contribution in [2.75, 3.05) is 13.2 Å². The second-order valence-electron chi connectivity index (χ2n) is 9.51. The number of ether oxygens (including phenoxy) is 2. The first kappa shape index (κ1) is 23.0. The van der Waals surface area contributed by atoms with E-state index in [0.717, 1.165) is 74.8 Å². The molecule has 7 nitrogen and oxygen atoms in total. The normalized spacial score (nSPS) is 30.5. The minimum absolute atomic E-state index is 0.348. The molecule has 2 aliphatic heterocycles. The van der Waals surface area contributed by atoms with Crippen molar-refractivity contribution in [2.45, 2.75) is 61.8 Å². The van der Waals surface area contributed by atoms with Gasteiger partial charge in [0.25, 0.3) is 4.36 Å². The Balaban J connectivity index is 1.26. The average molecular weight is 567 g/mol. The van der Waals surface area contributed by atoms with Crippen molar-refractivity contribution < 1.29 is 13.9 Å². The molecule has 0 bridgehead atoms. The Kier molecular flexibility index (Phi) is 7.15. The zero-order valence-electron chi connectivity index (χ0n) is 18.7. The summed E-state index contributed by atoms with van der Waals surface area (Å²) in [5.74, 6) is 2.26. The third-order valence-corrected chi connectivity index (χ3v) is 7.40. The van der Waals surface area contributed by atoms with Gasteiger partial charge in [0.15, 0.2) is 0 Å². The molecule has 2 unspecified atom stereocenters. The number of halogens is 2. The molecule has 0 amide bonds. The van der Waals surface area contributed by atoms with Crippen molar-refractivity contribution in [1.29, 1.82) is 5.41 Å². The van der Waals surface area contributed by atoms with Crippen LogP contribution in [0.5, 0.6) is 5.88 Å². The molecule has 2 saturated carbocycles. The Morgan fingerprint density at radius 3 is 2.76 bits per heavy atom. The average Bonchev–Trinajstić information content (AvgIpc) is 3.73. The summed E-state index contributed by atoms with van der Waals surface area (Å²) in [5, 5.41) is 18.9. The molecule has 5 rings (SSSR count). The number of nitrogens with zero attached hydrogens (tertiary/aromatic N) is 2. The van der Waals surface area contributed by atoms with Gasteiger partial charge in [-0.05, 0) is 74.7 Å². The first-order valence-electron chi connectivity index (χ1n) is 11.9. The van der Waals surface area contributed by atoms with E-state index in [1.165, 1.54) is 30.2 Å². The van der Waals surface area contributed by atoms with Gasteiger partial charge in [-0.15, -0.1) is 0 Å². The standard InChI is InChI=1S/C24H31FIN5O2/c25-24(26)33-21-11-18(30-31-21)4-1-14-9-17-10-19(17)23(20(12-27)28-13-14)29-22(15-2-3-15)16-5-7-32-8-6-16/h11-13,15-17,22,24,27,29H,1-10H2,(H,30,31)/b14-13-,23-19-,27-12?,28-20-/t17?,22-,24?/m0/s1. The van der Waals surface area contributed by atoms with Crippen molar-refractivity contribution in [3.63, 3.8) is 0 Å². The summed E-state index contributed by atoms with van der Waals surface area (Å²) in [5.41, 5.74) is 5.39. The van der Waals surface area contributed by atoms with E-state index in [2.05, 4.69) is 15.5 Å². The summed E-state index contributed by atoms with van der Waals surface area (Å²) >= 11 is 1.57. The molecule has 9 heteroatoms. The quantitative estimate of drug-likeness (QED) is 0.214. The van der Waals surface area contributed by atoms with Crippen molar-refractivity contribution in [3.05, 3.63) is 34.8 Å². The Bertz CT molecular complexity index is 962. The number of aliphatic imine (C=N–C) groups is 1. The molecule has 33 heavy (non-hydrogen) atoms. The van der Waals surface area contributed by atoms with Crippen LogP contribution in [0.4, 0.5) is 4.39 Å². The third kappa shape index (κ3) is 5.85. The maximum atomic E-state index is 13.0. The topological polar surface area (TPSA) is 95.4 Å². The van der Waals surface area contributed by atoms with Crippen LogP contribution >= 0.6 is 22.6 Å². The van der Waals surface area contributed by atoms with Gasteiger partial charge in [0, 0.05) is 60.3 Å². The minimum atomic E-state index is -1.40. The van der Waals surface area contributed by atoms with Crippen LogP contribution in [0.25, 0.3) is 0 Å². The molecule has 2 aliphatic carbocycles. The molecular weight excluding hydrogens is 536 g/mol. The van der Waals surface area contributed by atoms with Crippen LogP contribution in [-0.4, -0.2) is 45.7 Å². The monoisotopic (exact) mass is 567 g/mol. The second-order valence-corrected chi connectivity index (χ2v) is 10.5. The lowest BCUT2D eigenvalue weighted by Crippen LogP contribution is -2.42. The highest BCUT2D eigenvalue weighted by Gasteiger charge is 2.41. The van der Waals surface area contributed by atoms with Gasteiger partial charge in [-0.2, -0.15) is 9.49 Å². The van der Waals surface area contributed by atoms with E-state index in [9.17, 15) is 4.39 Å². The third-order valence-electron chi connectivity index (χ3n) is 7.15. The van der Waals surface area contributed by atoms with Crippen LogP contribution < -0.4 is 10.1 Å². The van der Waals surface area contributed by atoms with Crippen molar-refractivity contribution in [1.82, 2.24) is 15.5 Å². The lowest BCUT2D eigenvalue weighted by Gasteiger charge is -2.33. The Morgan fingerprint density at radius 1 is 1.24 bits per heavy atom. The Hall–Kier alpha value is -1.75. The number of hydrogen-bond acceptors (Lipinski definition) is 6. The molecule has 3 atom stereocenters. The van der Waals surface area contributed by atoms with E-state index in [4.69, 9.17) is 19.9 Å². The van der Waals surface area contributed by atoms with Gasteiger partial charge in [-0.3, -0.25) is 4.99 Å². The number of aryl methyl sites for hydroxylation is 1. The SMILES string of the molecule is N=CC1=N/C=C(/CCc2cc(OC(F)I)[nH]n2)CC2C/C2=C\1N[C@H](C1CCOCC1)C1CC1. The van der Waals surface area contributed by atoms with Gasteiger partial charge in [0.2, 0.25) is 5.88 Å². The van der Waals surface area contributed by atoms with Crippen molar-refractivity contribution >= 4 is 34.5 Å². The molecule has 178 valence electrons. The molecule has 3 heterocycles. The van der Waals surface area contributed by atoms with Crippen LogP contribution in [0.2, 0.25) is 0 Å². The fourth-order valence-corrected chi connectivity index (χ4v) is 5.42. The largest absolute Gasteiger partial charge is 0.435 e. The second kappa shape index (κ2) is 10.2. The molecule has 1 aromatic rings. The molecular formula is C24H31FIN5O2. The van der Waals surface area contributed by atoms with E-state index >= 15 is 0 Å². The molecule has 3 fully saturated rings. The zero-order chi connectivity index (χ0) is 22.8. The van der Waals surface area contributed by atoms with Gasteiger partial charge in [-0.25, -0.2) is 5.10 Å². The first-order valence-corrected chi connectivity index (χ1v) is 13.2. The first-order chi connectivity index (χ1) is 16.1. The van der Waals surface area contributed by atoms with Crippen LogP contribution in [0.1, 0.15) is 50.6 Å². The van der Waals surface area contributed by atoms with Gasteiger partial charge < -0.3 is 20.2 Å². The fourth-order valence-electron chi connectivity index (χ4n) is 5.14. The lowest BCUT2D eigenvalue weighted by atomic mass is 9.88. The molecule has 3 N–H and O–H groups in total. The number of H-pyrrole nitrogens is 1. The molecule has 0 aromatic carbocycles. The molecule has 4 aliphatic rings. The predicted molar refractivity (Wildman–Crippen MR) is 134 cm³/mol. The number of fused-ring (bicyclic) bond motifs is 1. The number of rotatable bonds is 10. The van der Waals surface area contributed by atoms with Crippen LogP contribution in [0.3, 0.4) is 0 Å². The summed E-state index contributed by atoms with van der Waals surface area (Å²) in [6, 6.07) is 2.22. The summed E-state index contributed by atoms with van der Waals surface area (Å²) in [6.07, 6.45) is 11.8. The molecule has 1 aromatic heterocycles. The van der Waals surface area contributed by atoms with E-state index in [1.807, 2.05) is 6.20 Å². The number of allylic oxidation sites excluding steroid dienone is 3. The van der Waals surface area contributed by atoms with Crippen LogP contribution in [-0.2, 0) is 11.2 Å². The highest BCUT2D eigenvalue weighted by Crippen LogP contribution is 2.47. The van der Waals surface area contributed by atoms with E-state index in [1.54, 1.807) is 28.7 Å². The smallest absolute Gasteiger partial charge is 0.290 e. The number of nitrogens with one attached hydrogen (secondary N) is 3. The maximum absolute atomic E-state index is 13.0. The fraction of sp³-hybridized carbons (Fsp3) is 0.625. The number of aromatic amines is 1. The highest BCUT2D eigenvalue weighted by molar-refractivity contribution is 14.1. The lowest BCUT2D eigenvalue weighted by molar-refractivity contribution is 0.0524. The summed E-state index contributed by atoms with van der Waals surface area (Å²) < 4.78 is 22.2. The molecule has 1 saturated heterocycles. The summed E-state index contributed by atoms with van der Waals surface area (Å²) in [7, 11) is 0. The Labute approximate surface area is 207 Å². The van der Waals surface area contributed by atoms with Gasteiger partial charge in [0.05, 0.1) is 11.4 Å². The van der Waals surface area contributed by atoms with Crippen LogP contribution in [0.15, 0.2) is 34.1 Å². The maximum Gasteiger partial charge on any atom is 0.290 e.